The summed E-state index contributed by atoms with van der Waals surface area (Å²) in [6, 6.07) is 4.28. The first-order valence-corrected chi connectivity index (χ1v) is 7.87. The van der Waals surface area contributed by atoms with Gasteiger partial charge in [0.25, 0.3) is 0 Å². The van der Waals surface area contributed by atoms with Crippen LogP contribution >= 0.6 is 0 Å². The lowest BCUT2D eigenvalue weighted by atomic mass is 9.92. The molecule has 3 rings (SSSR count). The van der Waals surface area contributed by atoms with Gasteiger partial charge in [0.05, 0.1) is 0 Å². The molecule has 2 aromatic heterocycles. The van der Waals surface area contributed by atoms with Crippen molar-refractivity contribution in [2.45, 2.75) is 39.2 Å². The molecule has 0 radical (unpaired) electrons. The van der Waals surface area contributed by atoms with Crippen LogP contribution in [0, 0.1) is 0 Å². The average molecular weight is 294 g/mol. The van der Waals surface area contributed by atoms with Crippen molar-refractivity contribution >= 4 is 0 Å². The third kappa shape index (κ3) is 3.39. The van der Waals surface area contributed by atoms with E-state index in [2.05, 4.69) is 35.2 Å². The number of hydrogen-bond acceptors (Lipinski definition) is 4. The van der Waals surface area contributed by atoms with Crippen LogP contribution in [-0.2, 0) is 6.42 Å². The number of hydrogen-bond donors (Lipinski definition) is 1. The topological polar surface area (TPSA) is 50.7 Å². The molecule has 0 bridgehead atoms. The number of nitrogens with one attached hydrogen (secondary N) is 1. The van der Waals surface area contributed by atoms with Crippen LogP contribution in [0.5, 0.6) is 0 Å². The van der Waals surface area contributed by atoms with Gasteiger partial charge in [0.1, 0.15) is 0 Å². The summed E-state index contributed by atoms with van der Waals surface area (Å²) in [4.78, 5) is 13.5. The molecule has 0 spiro atoms. The smallest absolute Gasteiger partial charge is 0.160 e. The minimum atomic E-state index is 0.363. The second-order valence-electron chi connectivity index (χ2n) is 5.97. The largest absolute Gasteiger partial charge is 0.306 e. The van der Waals surface area contributed by atoms with E-state index in [-0.39, 0.29) is 0 Å². The molecule has 0 aromatic carbocycles. The van der Waals surface area contributed by atoms with Crippen LogP contribution in [0.4, 0.5) is 0 Å². The molecule has 2 heterocycles. The van der Waals surface area contributed by atoms with Crippen LogP contribution in [0.25, 0.3) is 11.4 Å². The zero-order chi connectivity index (χ0) is 15.4. The SMILES string of the molecule is CC(C)=CCNC1CCCc2nc(-c3cccnc3)ncc21. The van der Waals surface area contributed by atoms with Crippen molar-refractivity contribution in [3.63, 3.8) is 0 Å². The molecule has 22 heavy (non-hydrogen) atoms. The molecule has 4 nitrogen and oxygen atoms in total. The van der Waals surface area contributed by atoms with Crippen LogP contribution in [0.15, 0.2) is 42.4 Å². The van der Waals surface area contributed by atoms with E-state index >= 15 is 0 Å². The van der Waals surface area contributed by atoms with E-state index in [1.54, 1.807) is 6.20 Å². The van der Waals surface area contributed by atoms with Gasteiger partial charge in [-0.1, -0.05) is 11.6 Å². The Hall–Kier alpha value is -2.07. The Kier molecular flexibility index (Phi) is 4.59. The van der Waals surface area contributed by atoms with Gasteiger partial charge in [0.2, 0.25) is 0 Å². The summed E-state index contributed by atoms with van der Waals surface area (Å²) in [5.74, 6) is 0.775. The number of allylic oxidation sites excluding steroid dienone is 1. The minimum Gasteiger partial charge on any atom is -0.306 e. The summed E-state index contributed by atoms with van der Waals surface area (Å²) < 4.78 is 0. The molecule has 0 amide bonds. The van der Waals surface area contributed by atoms with Crippen LogP contribution in [0.1, 0.15) is 44.0 Å². The summed E-state index contributed by atoms with van der Waals surface area (Å²) in [6.45, 7) is 5.15. The molecule has 1 unspecified atom stereocenters. The maximum Gasteiger partial charge on any atom is 0.160 e. The molecule has 0 saturated carbocycles. The molecule has 1 aliphatic carbocycles. The average Bonchev–Trinajstić information content (AvgIpc) is 2.55. The van der Waals surface area contributed by atoms with Gasteiger partial charge in [-0.2, -0.15) is 0 Å². The van der Waals surface area contributed by atoms with Gasteiger partial charge in [-0.05, 0) is 45.2 Å². The minimum absolute atomic E-state index is 0.363. The highest BCUT2D eigenvalue weighted by atomic mass is 14.9. The quantitative estimate of drug-likeness (QED) is 0.877. The first-order chi connectivity index (χ1) is 10.7. The highest BCUT2D eigenvalue weighted by Crippen LogP contribution is 2.29. The van der Waals surface area contributed by atoms with Crippen molar-refractivity contribution in [2.75, 3.05) is 6.54 Å². The number of aryl methyl sites for hydroxylation is 1. The van der Waals surface area contributed by atoms with Crippen LogP contribution in [0.3, 0.4) is 0 Å². The fourth-order valence-corrected chi connectivity index (χ4v) is 2.80. The lowest BCUT2D eigenvalue weighted by molar-refractivity contribution is 0.472. The van der Waals surface area contributed by atoms with Gasteiger partial charge < -0.3 is 5.32 Å². The van der Waals surface area contributed by atoms with Crippen molar-refractivity contribution in [2.24, 2.45) is 0 Å². The second kappa shape index (κ2) is 6.79. The van der Waals surface area contributed by atoms with Gasteiger partial charge in [0.15, 0.2) is 5.82 Å². The number of fused-ring (bicyclic) bond motifs is 1. The van der Waals surface area contributed by atoms with E-state index in [1.807, 2.05) is 24.5 Å². The number of nitrogens with zero attached hydrogens (tertiary/aromatic N) is 3. The molecule has 4 heteroatoms. The molecule has 0 saturated heterocycles. The Morgan fingerprint density at radius 3 is 3.05 bits per heavy atom. The van der Waals surface area contributed by atoms with E-state index in [1.165, 1.54) is 23.3 Å². The van der Waals surface area contributed by atoms with Crippen molar-refractivity contribution in [3.8, 4) is 11.4 Å². The molecule has 1 aliphatic rings. The third-order valence-corrected chi connectivity index (χ3v) is 3.98. The monoisotopic (exact) mass is 294 g/mol. The fourth-order valence-electron chi connectivity index (χ4n) is 2.80. The lowest BCUT2D eigenvalue weighted by Crippen LogP contribution is -2.26. The van der Waals surface area contributed by atoms with E-state index in [0.717, 1.165) is 30.8 Å². The molecule has 0 fully saturated rings. The molecule has 1 atom stereocenters. The van der Waals surface area contributed by atoms with Gasteiger partial charge in [-0.3, -0.25) is 4.98 Å². The van der Waals surface area contributed by atoms with Crippen LogP contribution < -0.4 is 5.32 Å². The van der Waals surface area contributed by atoms with Gasteiger partial charge in [-0.15, -0.1) is 0 Å². The molecule has 1 N–H and O–H groups in total. The number of rotatable bonds is 4. The van der Waals surface area contributed by atoms with E-state index in [4.69, 9.17) is 4.98 Å². The highest BCUT2D eigenvalue weighted by Gasteiger charge is 2.21. The van der Waals surface area contributed by atoms with Crippen molar-refractivity contribution in [3.05, 3.63) is 53.6 Å². The van der Waals surface area contributed by atoms with Crippen LogP contribution in [0.2, 0.25) is 0 Å². The van der Waals surface area contributed by atoms with Crippen LogP contribution in [-0.4, -0.2) is 21.5 Å². The first kappa shape index (κ1) is 14.9. The predicted octanol–water partition coefficient (Wildman–Crippen LogP) is 3.47. The van der Waals surface area contributed by atoms with Gasteiger partial charge in [0, 0.05) is 48.0 Å². The fraction of sp³-hybridized carbons (Fsp3) is 0.389. The second-order valence-corrected chi connectivity index (χ2v) is 5.97. The molecular weight excluding hydrogens is 272 g/mol. The Morgan fingerprint density at radius 2 is 2.27 bits per heavy atom. The van der Waals surface area contributed by atoms with E-state index in [0.29, 0.717) is 6.04 Å². The zero-order valence-corrected chi connectivity index (χ0v) is 13.2. The maximum absolute atomic E-state index is 4.77. The third-order valence-electron chi connectivity index (χ3n) is 3.98. The standard InChI is InChI=1S/C18H22N4/c1-13(2)8-10-20-16-6-3-7-17-15(16)12-21-18(22-17)14-5-4-9-19-11-14/h4-5,8-9,11-12,16,20H,3,6-7,10H2,1-2H3. The lowest BCUT2D eigenvalue weighted by Gasteiger charge is -2.25. The maximum atomic E-state index is 4.77. The number of pyridine rings is 1. The Labute approximate surface area is 131 Å². The van der Waals surface area contributed by atoms with E-state index < -0.39 is 0 Å². The predicted molar refractivity (Wildman–Crippen MR) is 88.4 cm³/mol. The molecule has 2 aromatic rings. The highest BCUT2D eigenvalue weighted by molar-refractivity contribution is 5.53. The van der Waals surface area contributed by atoms with Crippen molar-refractivity contribution < 1.29 is 0 Å². The van der Waals surface area contributed by atoms with E-state index in [9.17, 15) is 0 Å². The molecular formula is C18H22N4. The summed E-state index contributed by atoms with van der Waals surface area (Å²) in [7, 11) is 0. The summed E-state index contributed by atoms with van der Waals surface area (Å²) in [5, 5.41) is 3.60. The molecule has 114 valence electrons. The van der Waals surface area contributed by atoms with Crippen molar-refractivity contribution in [1.29, 1.82) is 0 Å². The summed E-state index contributed by atoms with van der Waals surface area (Å²) in [6.07, 6.45) is 11.2. The first-order valence-electron chi connectivity index (χ1n) is 7.87. The summed E-state index contributed by atoms with van der Waals surface area (Å²) >= 11 is 0. The Balaban J connectivity index is 1.82. The Bertz CT molecular complexity index is 660. The van der Waals surface area contributed by atoms with Gasteiger partial charge >= 0.3 is 0 Å². The van der Waals surface area contributed by atoms with Crippen molar-refractivity contribution in [1.82, 2.24) is 20.3 Å². The van der Waals surface area contributed by atoms with Gasteiger partial charge in [-0.25, -0.2) is 9.97 Å². The Morgan fingerprint density at radius 1 is 1.36 bits per heavy atom. The number of aromatic nitrogens is 3. The molecule has 0 aliphatic heterocycles. The summed E-state index contributed by atoms with van der Waals surface area (Å²) in [5.41, 5.74) is 4.74. The normalized spacial score (nSPS) is 16.9. The zero-order valence-electron chi connectivity index (χ0n) is 13.2.